The first kappa shape index (κ1) is 103. The van der Waals surface area contributed by atoms with Crippen molar-refractivity contribution in [1.82, 2.24) is 82.3 Å². The number of aromatic amines is 3. The molecule has 1 saturated heterocycles. The van der Waals surface area contributed by atoms with E-state index in [9.17, 15) is 63.0 Å². The standard InChI is InChI=1S/C92H127N19O21/c1-57(2)39-62(87(122)103-77(18-9-28-98-92(94)95)91(126)111-29-10-19-80(111)90(125)100-52-84(93)119)43-81(116)76(17-7-8-27-97-85(120)26-33-127-35-37-129-38-36-128-34-30-110-53-66(108-109-110)13-11-31-130-70-47-71(49-72(48-70)132-56-113)131-32-12-15-73-58(3)106-107-59(73)4)102-88(123)63(40-60-20-23-68(114)24-21-60)44-83(118)79(54-112)105-89(124)64(41-65-50-99-75-16-6-5-14-74(65)75)45-82(117)78(46-67-51-96-55-101-67)104-86(121)61-22-25-69(115)42-61/h5-6,14,16,20-21,23-24,47-51,53,55-57,61-64,76-80,99,112,114H,7-13,15,17-19,22,25-46,52,54H2,1-4H3,(H2,93,119)(H,96,101)(H,97,120)(H,100,125)(H,102,123)(H,103,122)(H,104,121)(H,105,124)(H,106,107)(H4,94,95,98). The van der Waals surface area contributed by atoms with Gasteiger partial charge in [-0.3, -0.25) is 72.8 Å². The second-order valence-corrected chi connectivity index (χ2v) is 33.8. The van der Waals surface area contributed by atoms with Crippen molar-refractivity contribution in [2.75, 3.05) is 85.6 Å². The highest BCUT2D eigenvalue weighted by Crippen LogP contribution is 2.31. The topological polar surface area (TPSA) is 585 Å². The number of rotatable bonds is 63. The lowest BCUT2D eigenvalue weighted by atomic mass is 9.87. The third-order valence-corrected chi connectivity index (χ3v) is 23.0. The van der Waals surface area contributed by atoms with E-state index in [4.69, 9.17) is 45.3 Å². The number of guanidine groups is 1. The van der Waals surface area contributed by atoms with Crippen LogP contribution in [0, 0.1) is 48.8 Å². The number of nitrogens with two attached hydrogens (primary N) is 2. The maximum atomic E-state index is 15.3. The van der Waals surface area contributed by atoms with Crippen molar-refractivity contribution in [1.29, 1.82) is 5.41 Å². The summed E-state index contributed by atoms with van der Waals surface area (Å²) in [7, 11) is 0. The molecule has 40 nitrogen and oxygen atoms in total. The molecule has 40 heteroatoms. The van der Waals surface area contributed by atoms with Crippen molar-refractivity contribution in [3.05, 3.63) is 131 Å². The Hall–Kier alpha value is -12.8. The number of H-pyrrole nitrogens is 3. The molecule has 1 aliphatic carbocycles. The van der Waals surface area contributed by atoms with Gasteiger partial charge in [-0.15, -0.1) is 5.10 Å². The second-order valence-electron chi connectivity index (χ2n) is 33.8. The number of aliphatic hydroxyl groups is 1. The summed E-state index contributed by atoms with van der Waals surface area (Å²) in [5.74, 6) is -11.1. The molecule has 716 valence electrons. The van der Waals surface area contributed by atoms with Crippen LogP contribution in [-0.2, 0) is 115 Å². The number of aliphatic hydroxyl groups excluding tert-OH is 1. The predicted octanol–water partition coefficient (Wildman–Crippen LogP) is 3.47. The number of aryl methyl sites for hydroxylation is 3. The Morgan fingerprint density at radius 2 is 1.31 bits per heavy atom. The van der Waals surface area contributed by atoms with Crippen LogP contribution >= 0.6 is 0 Å². The average Bonchev–Trinajstić information content (AvgIpc) is 1.64. The maximum Gasteiger partial charge on any atom is 0.298 e. The number of benzene rings is 3. The van der Waals surface area contributed by atoms with Crippen LogP contribution in [0.1, 0.15) is 162 Å². The number of nitrogens with zero attached hydrogens (tertiary/aromatic N) is 6. The number of amides is 8. The number of hydrogen-bond acceptors (Lipinski definition) is 26. The Balaban J connectivity index is 0.801. The molecule has 9 rings (SSSR count). The minimum atomic E-state index is -1.68. The molecule has 5 heterocycles. The number of carbonyl (C=O) groups excluding carboxylic acids is 13. The van der Waals surface area contributed by atoms with E-state index >= 15 is 9.59 Å². The van der Waals surface area contributed by atoms with Crippen LogP contribution in [0.4, 0.5) is 0 Å². The molecule has 8 amide bonds. The van der Waals surface area contributed by atoms with Gasteiger partial charge in [0.15, 0.2) is 23.3 Å². The molecule has 3 aromatic carbocycles. The third-order valence-electron chi connectivity index (χ3n) is 23.0. The van der Waals surface area contributed by atoms with Gasteiger partial charge in [-0.25, -0.2) is 9.67 Å². The van der Waals surface area contributed by atoms with Crippen molar-refractivity contribution in [2.45, 2.75) is 206 Å². The van der Waals surface area contributed by atoms with Crippen LogP contribution in [0.2, 0.25) is 0 Å². The van der Waals surface area contributed by atoms with Crippen molar-refractivity contribution < 1.29 is 101 Å². The fourth-order valence-electron chi connectivity index (χ4n) is 16.1. The van der Waals surface area contributed by atoms with Crippen LogP contribution in [0.3, 0.4) is 0 Å². The number of phenols is 1. The van der Waals surface area contributed by atoms with Crippen LogP contribution in [0.25, 0.3) is 10.9 Å². The number of aromatic hydroxyl groups is 1. The summed E-state index contributed by atoms with van der Waals surface area (Å²) in [4.78, 5) is 192. The van der Waals surface area contributed by atoms with Gasteiger partial charge in [0, 0.05) is 142 Å². The number of hydrogen-bond donors (Lipinski definition) is 15. The van der Waals surface area contributed by atoms with Crippen LogP contribution in [0.15, 0.2) is 91.6 Å². The normalized spacial score (nSPS) is 15.3. The molecule has 132 heavy (non-hydrogen) atoms. The molecule has 4 aromatic heterocycles. The number of ketones is 4. The smallest absolute Gasteiger partial charge is 0.298 e. The highest BCUT2D eigenvalue weighted by atomic mass is 16.5. The van der Waals surface area contributed by atoms with E-state index in [-0.39, 0.29) is 159 Å². The molecule has 2 fully saturated rings. The van der Waals surface area contributed by atoms with E-state index in [0.717, 1.165) is 46.4 Å². The minimum Gasteiger partial charge on any atom is -0.508 e. The lowest BCUT2D eigenvalue weighted by Crippen LogP contribution is -2.55. The van der Waals surface area contributed by atoms with Gasteiger partial charge in [-0.2, -0.15) is 5.10 Å². The summed E-state index contributed by atoms with van der Waals surface area (Å²) in [6.45, 7) is 9.55. The SMILES string of the molecule is Cc1n[nH]c(C)c1CCCOc1cc(OC=O)cc(OCCCc2cn(CCOCCOCCOCCC(=O)NCCCCC(NC(=O)C(CC(=O)C(CO)NC(=O)C(CC(=O)C(Cc3c[nH]cn3)NC(=O)C3CCC(=O)C3)Cc3c[nH]c4ccccc34)Cc3ccc(O)cc3)C(=O)CC(CC(C)C)C(=O)NC(CCCNC(=N)N)C(=O)N3CCCC3C(=O)NCC(N)=O)nn2)c1. The molecule has 9 atom stereocenters. The highest BCUT2D eigenvalue weighted by Gasteiger charge is 2.41. The van der Waals surface area contributed by atoms with E-state index in [2.05, 4.69) is 72.7 Å². The first-order chi connectivity index (χ1) is 63.6. The number of carbonyl (C=O) groups is 13. The maximum absolute atomic E-state index is 15.3. The van der Waals surface area contributed by atoms with Gasteiger partial charge in [0.2, 0.25) is 47.3 Å². The Morgan fingerprint density at radius 1 is 0.667 bits per heavy atom. The Kier molecular flexibility index (Phi) is 42.2. The zero-order chi connectivity index (χ0) is 94.9. The summed E-state index contributed by atoms with van der Waals surface area (Å²) in [5.41, 5.74) is 17.1. The fraction of sp³-hybridized carbons (Fsp3) is 0.543. The number of Topliss-reactive ketones (excluding diaryl/α,β-unsaturated/α-hetero) is 4. The molecule has 0 spiro atoms. The van der Waals surface area contributed by atoms with Crippen molar-refractivity contribution in [3.8, 4) is 23.0 Å². The molecule has 1 aliphatic heterocycles. The van der Waals surface area contributed by atoms with Crippen molar-refractivity contribution in [3.63, 3.8) is 0 Å². The Labute approximate surface area is 765 Å². The quantitative estimate of drug-likeness (QED) is 0.0112. The van der Waals surface area contributed by atoms with Crippen LogP contribution < -0.4 is 62.9 Å². The molecule has 17 N–H and O–H groups in total. The van der Waals surface area contributed by atoms with Crippen LogP contribution in [0.5, 0.6) is 23.0 Å². The number of unbranched alkanes of at least 4 members (excludes halogenated alkanes) is 1. The second kappa shape index (κ2) is 54.1. The third kappa shape index (κ3) is 34.5. The van der Waals surface area contributed by atoms with E-state index < -0.39 is 145 Å². The largest absolute Gasteiger partial charge is 0.508 e. The summed E-state index contributed by atoms with van der Waals surface area (Å²) in [5, 5.41) is 64.8. The molecule has 0 radical (unpaired) electrons. The van der Waals surface area contributed by atoms with Gasteiger partial charge in [0.25, 0.3) is 6.47 Å². The molecule has 2 aliphatic rings. The van der Waals surface area contributed by atoms with Crippen molar-refractivity contribution in [2.24, 2.45) is 41.1 Å². The summed E-state index contributed by atoms with van der Waals surface area (Å²) in [6, 6.07) is 11.6. The van der Waals surface area contributed by atoms with Crippen molar-refractivity contribution >= 4 is 93.7 Å². The first-order valence-corrected chi connectivity index (χ1v) is 45.2. The molecular weight excluding hydrogens is 1710 g/mol. The zero-order valence-corrected chi connectivity index (χ0v) is 75.5. The van der Waals surface area contributed by atoms with Gasteiger partial charge >= 0.3 is 0 Å². The van der Waals surface area contributed by atoms with E-state index in [1.54, 1.807) is 41.3 Å². The fourth-order valence-corrected chi connectivity index (χ4v) is 16.1. The van der Waals surface area contributed by atoms with E-state index in [0.29, 0.717) is 99.2 Å². The number of imidazole rings is 1. The van der Waals surface area contributed by atoms with Gasteiger partial charge in [-0.05, 0) is 151 Å². The number of nitrogens with one attached hydrogen (secondary N) is 11. The van der Waals surface area contributed by atoms with Crippen LogP contribution in [-0.4, -0.2) is 254 Å². The number of phenolic OH excluding ortho intramolecular Hbond substituents is 1. The molecular formula is C92H127N19O21. The minimum absolute atomic E-state index is 0.00326. The van der Waals surface area contributed by atoms with Gasteiger partial charge in [-0.1, -0.05) is 49.4 Å². The molecule has 0 bridgehead atoms. The number of aromatic nitrogens is 8. The lowest BCUT2D eigenvalue weighted by molar-refractivity contribution is -0.142. The van der Waals surface area contributed by atoms with Gasteiger partial charge < -0.3 is 102 Å². The molecule has 7 aromatic rings. The first-order valence-electron chi connectivity index (χ1n) is 45.2. The summed E-state index contributed by atoms with van der Waals surface area (Å²) >= 11 is 0. The van der Waals surface area contributed by atoms with E-state index in [1.807, 2.05) is 52.1 Å². The monoisotopic (exact) mass is 1830 g/mol. The lowest BCUT2D eigenvalue weighted by Gasteiger charge is -2.30. The predicted molar refractivity (Wildman–Crippen MR) is 481 cm³/mol. The summed E-state index contributed by atoms with van der Waals surface area (Å²) < 4.78 is 35.9. The molecule has 1 saturated carbocycles. The number of primary amides is 1. The number of fused-ring (bicyclic) bond motifs is 1. The zero-order valence-electron chi connectivity index (χ0n) is 75.5. The van der Waals surface area contributed by atoms with Gasteiger partial charge in [0.1, 0.15) is 46.9 Å². The molecule has 9 unspecified atom stereocenters. The van der Waals surface area contributed by atoms with Gasteiger partial charge in [0.05, 0.1) is 108 Å². The van der Waals surface area contributed by atoms with E-state index in [1.165, 1.54) is 35.5 Å². The number of para-hydroxylation sites is 1. The Bertz CT molecular complexity index is 4940. The average molecular weight is 1840 g/mol. The summed E-state index contributed by atoms with van der Waals surface area (Å²) in [6.07, 6.45) is 9.24. The number of ether oxygens (including phenoxy) is 6. The highest BCUT2D eigenvalue weighted by molar-refractivity contribution is 5.99. The Morgan fingerprint density at radius 3 is 1.98 bits per heavy atom. The number of likely N-dealkylation sites (tertiary alicyclic amines) is 1.